The third-order valence-corrected chi connectivity index (χ3v) is 5.68. The molecule has 0 atom stereocenters. The molecule has 0 amide bonds. The minimum absolute atomic E-state index is 0. The van der Waals surface area contributed by atoms with Crippen LogP contribution in [-0.4, -0.2) is 47.8 Å². The Labute approximate surface area is 162 Å². The summed E-state index contributed by atoms with van der Waals surface area (Å²) in [5.41, 5.74) is 0.791. The number of halogens is 1. The van der Waals surface area contributed by atoms with E-state index in [1.54, 1.807) is 6.08 Å². The topological polar surface area (TPSA) is 23.6 Å². The van der Waals surface area contributed by atoms with Gasteiger partial charge in [0.25, 0.3) is 0 Å². The van der Waals surface area contributed by atoms with E-state index in [-0.39, 0.29) is 18.2 Å². The Morgan fingerprint density at radius 2 is 1.62 bits per heavy atom. The number of hydrogen-bond acceptors (Lipinski definition) is 3. The summed E-state index contributed by atoms with van der Waals surface area (Å²) >= 11 is 0. The number of nitrogens with zero attached hydrogens (tertiary/aromatic N) is 2. The molecular weight excluding hydrogens is 344 g/mol. The molecule has 2 aromatic rings. The van der Waals surface area contributed by atoms with Gasteiger partial charge in [-0.1, -0.05) is 55.3 Å². The van der Waals surface area contributed by atoms with Crippen molar-refractivity contribution in [2.45, 2.75) is 31.7 Å². The normalized spacial score (nSPS) is 19.2. The number of ketones is 1. The Balaban J connectivity index is 0.00000196. The molecule has 1 aliphatic carbocycles. The van der Waals surface area contributed by atoms with Gasteiger partial charge in [0.1, 0.15) is 0 Å². The van der Waals surface area contributed by atoms with Gasteiger partial charge >= 0.3 is 0 Å². The first-order chi connectivity index (χ1) is 12.3. The highest BCUT2D eigenvalue weighted by Crippen LogP contribution is 2.24. The average Bonchev–Trinajstić information content (AvgIpc) is 3.21. The number of allylic oxidation sites excluding steroid dienone is 1. The van der Waals surface area contributed by atoms with E-state index in [1.807, 2.05) is 36.5 Å². The van der Waals surface area contributed by atoms with Crippen LogP contribution in [0.1, 0.15) is 36.0 Å². The number of benzene rings is 2. The van der Waals surface area contributed by atoms with Crippen LogP contribution in [0.2, 0.25) is 0 Å². The minimum atomic E-state index is 0. The van der Waals surface area contributed by atoms with Gasteiger partial charge in [-0.05, 0) is 23.6 Å². The van der Waals surface area contributed by atoms with Gasteiger partial charge in [0.05, 0.1) is 0 Å². The fourth-order valence-corrected chi connectivity index (χ4v) is 4.22. The van der Waals surface area contributed by atoms with Crippen molar-refractivity contribution in [1.82, 2.24) is 9.80 Å². The Morgan fingerprint density at radius 3 is 2.38 bits per heavy atom. The molecule has 138 valence electrons. The van der Waals surface area contributed by atoms with Crippen molar-refractivity contribution >= 4 is 29.0 Å². The molecule has 1 saturated heterocycles. The summed E-state index contributed by atoms with van der Waals surface area (Å²) in [7, 11) is 0. The monoisotopic (exact) mass is 370 g/mol. The second-order valence-corrected chi connectivity index (χ2v) is 7.22. The number of carbonyl (C=O) groups is 1. The van der Waals surface area contributed by atoms with E-state index in [9.17, 15) is 4.79 Å². The SMILES string of the molecule is Cl.O=C(C=CN1CCN(C2CCCC2)CC1)c1cccc2ccccc12. The number of piperazine rings is 1. The van der Waals surface area contributed by atoms with Crippen molar-refractivity contribution in [2.75, 3.05) is 26.2 Å². The lowest BCUT2D eigenvalue weighted by Gasteiger charge is -2.37. The van der Waals surface area contributed by atoms with Crippen molar-refractivity contribution in [3.63, 3.8) is 0 Å². The summed E-state index contributed by atoms with van der Waals surface area (Å²) in [6, 6.07) is 14.8. The van der Waals surface area contributed by atoms with Crippen molar-refractivity contribution in [3.05, 3.63) is 60.3 Å². The molecule has 3 nitrogen and oxygen atoms in total. The third kappa shape index (κ3) is 4.11. The molecule has 0 spiro atoms. The number of carbonyl (C=O) groups excluding carboxylic acids is 1. The van der Waals surface area contributed by atoms with Crippen LogP contribution in [-0.2, 0) is 0 Å². The average molecular weight is 371 g/mol. The predicted octanol–water partition coefficient (Wildman–Crippen LogP) is 4.52. The summed E-state index contributed by atoms with van der Waals surface area (Å²) in [5.74, 6) is 0.0926. The van der Waals surface area contributed by atoms with Gasteiger partial charge in [-0.3, -0.25) is 9.69 Å². The lowest BCUT2D eigenvalue weighted by atomic mass is 10.0. The van der Waals surface area contributed by atoms with E-state index in [2.05, 4.69) is 21.9 Å². The van der Waals surface area contributed by atoms with Crippen LogP contribution in [0.15, 0.2) is 54.7 Å². The molecule has 1 aliphatic heterocycles. The Hall–Kier alpha value is -1.84. The summed E-state index contributed by atoms with van der Waals surface area (Å²) in [5, 5.41) is 2.15. The molecule has 1 saturated carbocycles. The summed E-state index contributed by atoms with van der Waals surface area (Å²) < 4.78 is 0. The molecule has 26 heavy (non-hydrogen) atoms. The molecule has 0 unspecified atom stereocenters. The molecule has 0 N–H and O–H groups in total. The first-order valence-electron chi connectivity index (χ1n) is 9.50. The van der Waals surface area contributed by atoms with Crippen molar-refractivity contribution < 1.29 is 4.79 Å². The molecular formula is C22H27ClN2O. The molecule has 0 aromatic heterocycles. The van der Waals surface area contributed by atoms with Crippen LogP contribution >= 0.6 is 12.4 Å². The largest absolute Gasteiger partial charge is 0.375 e. The van der Waals surface area contributed by atoms with E-state index in [4.69, 9.17) is 0 Å². The first-order valence-corrected chi connectivity index (χ1v) is 9.50. The number of rotatable bonds is 4. The van der Waals surface area contributed by atoms with Crippen molar-refractivity contribution in [1.29, 1.82) is 0 Å². The van der Waals surface area contributed by atoms with Crippen LogP contribution in [0.4, 0.5) is 0 Å². The Bertz CT molecular complexity index is 769. The smallest absolute Gasteiger partial charge is 0.187 e. The van der Waals surface area contributed by atoms with Gasteiger partial charge in [-0.15, -0.1) is 12.4 Å². The number of hydrogen-bond donors (Lipinski definition) is 0. The summed E-state index contributed by atoms with van der Waals surface area (Å²) in [4.78, 5) is 17.6. The highest BCUT2D eigenvalue weighted by atomic mass is 35.5. The summed E-state index contributed by atoms with van der Waals surface area (Å²) in [6.07, 6.45) is 9.27. The van der Waals surface area contributed by atoms with E-state index in [0.29, 0.717) is 0 Å². The zero-order valence-corrected chi connectivity index (χ0v) is 16.0. The zero-order chi connectivity index (χ0) is 17.1. The van der Waals surface area contributed by atoms with Gasteiger partial charge in [0.2, 0.25) is 0 Å². The highest BCUT2D eigenvalue weighted by Gasteiger charge is 2.25. The van der Waals surface area contributed by atoms with Crippen LogP contribution < -0.4 is 0 Å². The maximum Gasteiger partial charge on any atom is 0.187 e. The fourth-order valence-electron chi connectivity index (χ4n) is 4.22. The van der Waals surface area contributed by atoms with E-state index in [0.717, 1.165) is 48.6 Å². The van der Waals surface area contributed by atoms with E-state index in [1.165, 1.54) is 25.7 Å². The molecule has 1 heterocycles. The van der Waals surface area contributed by atoms with Crippen molar-refractivity contribution in [2.24, 2.45) is 0 Å². The molecule has 0 radical (unpaired) electrons. The highest BCUT2D eigenvalue weighted by molar-refractivity contribution is 6.13. The van der Waals surface area contributed by atoms with Gasteiger partial charge in [0.15, 0.2) is 5.78 Å². The van der Waals surface area contributed by atoms with Crippen molar-refractivity contribution in [3.8, 4) is 0 Å². The lowest BCUT2D eigenvalue weighted by molar-refractivity contribution is 0.104. The molecule has 2 aromatic carbocycles. The van der Waals surface area contributed by atoms with Crippen LogP contribution in [0.3, 0.4) is 0 Å². The van der Waals surface area contributed by atoms with Gasteiger partial charge < -0.3 is 4.90 Å². The maximum absolute atomic E-state index is 12.7. The predicted molar refractivity (Wildman–Crippen MR) is 110 cm³/mol. The Kier molecular flexibility index (Phi) is 6.33. The number of fused-ring (bicyclic) bond motifs is 1. The van der Waals surface area contributed by atoms with E-state index >= 15 is 0 Å². The first kappa shape index (κ1) is 18.9. The maximum atomic E-state index is 12.7. The van der Waals surface area contributed by atoms with Crippen LogP contribution in [0.5, 0.6) is 0 Å². The molecule has 2 fully saturated rings. The Morgan fingerprint density at radius 1 is 0.923 bits per heavy atom. The molecule has 2 aliphatic rings. The van der Waals surface area contributed by atoms with Gasteiger partial charge in [-0.25, -0.2) is 0 Å². The van der Waals surface area contributed by atoms with Crippen LogP contribution in [0, 0.1) is 0 Å². The minimum Gasteiger partial charge on any atom is -0.375 e. The fraction of sp³-hybridized carbons (Fsp3) is 0.409. The molecule has 4 heteroatoms. The summed E-state index contributed by atoms with van der Waals surface area (Å²) in [6.45, 7) is 4.29. The third-order valence-electron chi connectivity index (χ3n) is 5.68. The molecule has 4 rings (SSSR count). The second-order valence-electron chi connectivity index (χ2n) is 7.22. The van der Waals surface area contributed by atoms with E-state index < -0.39 is 0 Å². The zero-order valence-electron chi connectivity index (χ0n) is 15.1. The van der Waals surface area contributed by atoms with Gasteiger partial charge in [0, 0.05) is 50.1 Å². The second kappa shape index (κ2) is 8.70. The lowest BCUT2D eigenvalue weighted by Crippen LogP contribution is -2.47. The quantitative estimate of drug-likeness (QED) is 0.584. The standard InChI is InChI=1S/C22H26N2O.ClH/c25-22(21-11-5-7-18-6-1-4-10-20(18)21)12-13-23-14-16-24(17-15-23)19-8-2-3-9-19;/h1,4-7,10-13,19H,2-3,8-9,14-17H2;1H. The van der Waals surface area contributed by atoms with Crippen LogP contribution in [0.25, 0.3) is 10.8 Å². The van der Waals surface area contributed by atoms with Gasteiger partial charge in [-0.2, -0.15) is 0 Å². The molecule has 0 bridgehead atoms.